The maximum atomic E-state index is 11.4. The predicted molar refractivity (Wildman–Crippen MR) is 127 cm³/mol. The number of rotatable bonds is 3. The van der Waals surface area contributed by atoms with Gasteiger partial charge in [-0.05, 0) is 23.8 Å². The van der Waals surface area contributed by atoms with E-state index in [1.54, 1.807) is 23.9 Å². The molecule has 0 radical (unpaired) electrons. The molecule has 0 fully saturated rings. The molecule has 0 bridgehead atoms. The van der Waals surface area contributed by atoms with Crippen molar-refractivity contribution in [2.45, 2.75) is 4.90 Å². The van der Waals surface area contributed by atoms with Crippen LogP contribution in [0.1, 0.15) is 11.1 Å². The SMILES string of the molecule is CN1/C(=C/C2=[N+](C)c3ccc([N+](=O)[O-])cc3/C2=C/c2ccccc2)Sc2ccccc21. The van der Waals surface area contributed by atoms with E-state index in [9.17, 15) is 10.1 Å². The quantitative estimate of drug-likeness (QED) is 0.295. The molecular weight excluding hydrogens is 406 g/mol. The second kappa shape index (κ2) is 7.56. The maximum absolute atomic E-state index is 11.4. The standard InChI is InChI=1S/C25H20N3O2S/c1-26-21-13-12-18(28(29)30)15-20(21)19(14-17-8-4-3-5-9-17)23(26)16-25-27(2)22-10-6-7-11-24(22)31-25/h3-16H,1-2H3/q+1/b19-14-. The van der Waals surface area contributed by atoms with Crippen molar-refractivity contribution in [3.8, 4) is 0 Å². The van der Waals surface area contributed by atoms with E-state index in [1.165, 1.54) is 10.6 Å². The summed E-state index contributed by atoms with van der Waals surface area (Å²) in [6.45, 7) is 0. The zero-order valence-electron chi connectivity index (χ0n) is 17.1. The summed E-state index contributed by atoms with van der Waals surface area (Å²) in [5.41, 5.74) is 6.16. The van der Waals surface area contributed by atoms with Crippen LogP contribution in [0.5, 0.6) is 0 Å². The summed E-state index contributed by atoms with van der Waals surface area (Å²) in [4.78, 5) is 14.5. The molecule has 5 nitrogen and oxygen atoms in total. The highest BCUT2D eigenvalue weighted by molar-refractivity contribution is 8.03. The summed E-state index contributed by atoms with van der Waals surface area (Å²) in [7, 11) is 4.08. The van der Waals surface area contributed by atoms with Crippen LogP contribution >= 0.6 is 11.8 Å². The van der Waals surface area contributed by atoms with Gasteiger partial charge in [-0.15, -0.1) is 0 Å². The number of allylic oxidation sites excluding steroid dienone is 2. The third kappa shape index (κ3) is 3.35. The van der Waals surface area contributed by atoms with E-state index < -0.39 is 0 Å². The monoisotopic (exact) mass is 426 g/mol. The van der Waals surface area contributed by atoms with Gasteiger partial charge in [0.2, 0.25) is 11.4 Å². The van der Waals surface area contributed by atoms with E-state index in [4.69, 9.17) is 0 Å². The molecule has 0 saturated carbocycles. The normalized spacial score (nSPS) is 17.4. The highest BCUT2D eigenvalue weighted by Gasteiger charge is 2.34. The van der Waals surface area contributed by atoms with Crippen molar-refractivity contribution in [1.82, 2.24) is 0 Å². The smallest absolute Gasteiger partial charge is 0.270 e. The first-order valence-corrected chi connectivity index (χ1v) is 10.7. The first kappa shape index (κ1) is 19.3. The minimum Gasteiger partial charge on any atom is -0.338 e. The van der Waals surface area contributed by atoms with Crippen LogP contribution in [0.15, 0.2) is 88.8 Å². The Morgan fingerprint density at radius 1 is 1.00 bits per heavy atom. The topological polar surface area (TPSA) is 49.4 Å². The summed E-state index contributed by atoms with van der Waals surface area (Å²) in [5, 5.41) is 12.5. The van der Waals surface area contributed by atoms with E-state index in [0.717, 1.165) is 33.1 Å². The third-order valence-electron chi connectivity index (χ3n) is 5.62. The fraction of sp³-hybridized carbons (Fsp3) is 0.0800. The van der Waals surface area contributed by atoms with E-state index in [0.29, 0.717) is 0 Å². The van der Waals surface area contributed by atoms with Gasteiger partial charge >= 0.3 is 0 Å². The highest BCUT2D eigenvalue weighted by atomic mass is 32.2. The molecule has 2 aliphatic rings. The van der Waals surface area contributed by atoms with Crippen molar-refractivity contribution in [3.05, 3.63) is 105 Å². The van der Waals surface area contributed by atoms with Gasteiger partial charge in [0.15, 0.2) is 0 Å². The van der Waals surface area contributed by atoms with Gasteiger partial charge < -0.3 is 4.90 Å². The lowest BCUT2D eigenvalue weighted by atomic mass is 9.99. The Hall–Kier alpha value is -3.64. The van der Waals surface area contributed by atoms with Gasteiger partial charge in [0.1, 0.15) is 7.05 Å². The van der Waals surface area contributed by atoms with Crippen molar-refractivity contribution in [1.29, 1.82) is 0 Å². The molecule has 6 heteroatoms. The molecule has 0 aliphatic carbocycles. The zero-order valence-corrected chi connectivity index (χ0v) is 18.0. The summed E-state index contributed by atoms with van der Waals surface area (Å²) in [6, 6.07) is 23.5. The first-order chi connectivity index (χ1) is 15.0. The minimum absolute atomic E-state index is 0.0970. The fourth-order valence-electron chi connectivity index (χ4n) is 4.00. The Morgan fingerprint density at radius 3 is 2.48 bits per heavy atom. The van der Waals surface area contributed by atoms with Gasteiger partial charge in [-0.25, -0.2) is 0 Å². The zero-order chi connectivity index (χ0) is 21.5. The van der Waals surface area contributed by atoms with Gasteiger partial charge in [-0.1, -0.05) is 54.2 Å². The Morgan fingerprint density at radius 2 is 1.74 bits per heavy atom. The summed E-state index contributed by atoms with van der Waals surface area (Å²) >= 11 is 1.73. The number of non-ortho nitro benzene ring substituents is 1. The van der Waals surface area contributed by atoms with Crippen molar-refractivity contribution >= 4 is 46.2 Å². The molecule has 0 N–H and O–H groups in total. The van der Waals surface area contributed by atoms with Gasteiger partial charge in [0.25, 0.3) is 5.69 Å². The van der Waals surface area contributed by atoms with Crippen molar-refractivity contribution < 1.29 is 9.50 Å². The number of anilines is 1. The molecule has 2 aliphatic heterocycles. The Balaban J connectivity index is 1.66. The van der Waals surface area contributed by atoms with E-state index in [-0.39, 0.29) is 10.6 Å². The molecule has 2 heterocycles. The Bertz CT molecular complexity index is 1310. The number of benzene rings is 3. The molecule has 152 valence electrons. The van der Waals surface area contributed by atoms with Crippen LogP contribution in [0.2, 0.25) is 0 Å². The molecule has 3 aromatic rings. The van der Waals surface area contributed by atoms with Crippen LogP contribution in [-0.2, 0) is 0 Å². The van der Waals surface area contributed by atoms with Gasteiger partial charge in [0.05, 0.1) is 26.8 Å². The van der Waals surface area contributed by atoms with E-state index >= 15 is 0 Å². The number of nitro groups is 1. The highest BCUT2D eigenvalue weighted by Crippen LogP contribution is 2.46. The molecule has 31 heavy (non-hydrogen) atoms. The lowest BCUT2D eigenvalue weighted by Crippen LogP contribution is -2.13. The third-order valence-corrected chi connectivity index (χ3v) is 6.79. The average molecular weight is 427 g/mol. The second-order valence-corrected chi connectivity index (χ2v) is 8.55. The van der Waals surface area contributed by atoms with E-state index in [1.807, 2.05) is 55.6 Å². The van der Waals surface area contributed by atoms with Crippen LogP contribution in [-0.4, -0.2) is 29.3 Å². The van der Waals surface area contributed by atoms with Crippen LogP contribution in [0, 0.1) is 10.1 Å². The van der Waals surface area contributed by atoms with Crippen LogP contribution in [0.3, 0.4) is 0 Å². The number of thioether (sulfide) groups is 1. The molecule has 0 atom stereocenters. The summed E-state index contributed by atoms with van der Waals surface area (Å²) in [5.74, 6) is 0. The number of hydrogen-bond acceptors (Lipinski definition) is 4. The van der Waals surface area contributed by atoms with Gasteiger partial charge in [-0.3, -0.25) is 10.1 Å². The first-order valence-electron chi connectivity index (χ1n) is 9.92. The van der Waals surface area contributed by atoms with Gasteiger partial charge in [0, 0.05) is 36.2 Å². The molecular formula is C25H20N3O2S+. The maximum Gasteiger partial charge on any atom is 0.270 e. The lowest BCUT2D eigenvalue weighted by Gasteiger charge is -2.12. The average Bonchev–Trinajstić information content (AvgIpc) is 3.24. The Kier molecular flexibility index (Phi) is 4.71. The largest absolute Gasteiger partial charge is 0.338 e. The molecule has 5 rings (SSSR count). The van der Waals surface area contributed by atoms with Gasteiger partial charge in [-0.2, -0.15) is 4.58 Å². The molecule has 0 aromatic heterocycles. The summed E-state index contributed by atoms with van der Waals surface area (Å²) in [6.07, 6.45) is 4.27. The van der Waals surface area contributed by atoms with Crippen LogP contribution in [0.25, 0.3) is 11.6 Å². The lowest BCUT2D eigenvalue weighted by molar-refractivity contribution is -0.400. The minimum atomic E-state index is -0.339. The van der Waals surface area contributed by atoms with Crippen molar-refractivity contribution in [2.24, 2.45) is 0 Å². The number of hydrogen-bond donors (Lipinski definition) is 0. The number of fused-ring (bicyclic) bond motifs is 2. The predicted octanol–water partition coefficient (Wildman–Crippen LogP) is 5.95. The second-order valence-electron chi connectivity index (χ2n) is 7.48. The Labute approximate surface area is 184 Å². The molecule has 3 aromatic carbocycles. The number of nitrogens with zero attached hydrogens (tertiary/aromatic N) is 3. The fourth-order valence-corrected chi connectivity index (χ4v) is 5.09. The number of nitro benzene ring substituents is 1. The molecule has 0 saturated heterocycles. The van der Waals surface area contributed by atoms with Crippen LogP contribution in [0.4, 0.5) is 17.1 Å². The molecule has 0 unspecified atom stereocenters. The molecule has 0 spiro atoms. The summed E-state index contributed by atoms with van der Waals surface area (Å²) < 4.78 is 2.11. The van der Waals surface area contributed by atoms with Crippen molar-refractivity contribution in [3.63, 3.8) is 0 Å². The van der Waals surface area contributed by atoms with E-state index in [2.05, 4.69) is 40.8 Å². The molecule has 0 amide bonds. The van der Waals surface area contributed by atoms with Crippen LogP contribution < -0.4 is 4.90 Å². The van der Waals surface area contributed by atoms with Crippen molar-refractivity contribution in [2.75, 3.05) is 19.0 Å². The number of para-hydroxylation sites is 1.